The van der Waals surface area contributed by atoms with E-state index in [0.29, 0.717) is 28.0 Å². The highest BCUT2D eigenvalue weighted by Gasteiger charge is 2.21. The van der Waals surface area contributed by atoms with E-state index >= 15 is 0 Å². The maximum absolute atomic E-state index is 12.0. The highest BCUT2D eigenvalue weighted by atomic mass is 35.5. The third kappa shape index (κ3) is 3.06. The van der Waals surface area contributed by atoms with Gasteiger partial charge in [-0.25, -0.2) is 9.48 Å². The first-order chi connectivity index (χ1) is 9.99. The average Bonchev–Trinajstić information content (AvgIpc) is 2.76. The van der Waals surface area contributed by atoms with Crippen molar-refractivity contribution in [2.75, 3.05) is 6.61 Å². The molecule has 1 aromatic heterocycles. The molecule has 0 amide bonds. The number of esters is 1. The number of benzene rings is 1. The van der Waals surface area contributed by atoms with Crippen molar-refractivity contribution in [1.82, 2.24) is 9.78 Å². The van der Waals surface area contributed by atoms with E-state index in [1.807, 2.05) is 13.8 Å². The number of aromatic nitrogens is 2. The minimum absolute atomic E-state index is 0.314. The van der Waals surface area contributed by atoms with Gasteiger partial charge < -0.3 is 4.74 Å². The maximum atomic E-state index is 12.0. The molecule has 4 nitrogen and oxygen atoms in total. The fourth-order valence-electron chi connectivity index (χ4n) is 2.19. The molecule has 1 heterocycles. The van der Waals surface area contributed by atoms with Gasteiger partial charge in [-0.1, -0.05) is 30.1 Å². The molecule has 0 saturated carbocycles. The summed E-state index contributed by atoms with van der Waals surface area (Å²) in [6, 6.07) is 5.17. The largest absolute Gasteiger partial charge is 0.461 e. The van der Waals surface area contributed by atoms with Crippen LogP contribution in [0.2, 0.25) is 10.0 Å². The van der Waals surface area contributed by atoms with Gasteiger partial charge in [0.05, 0.1) is 17.3 Å². The van der Waals surface area contributed by atoms with Crippen LogP contribution in [0.25, 0.3) is 5.69 Å². The number of hydrogen-bond acceptors (Lipinski definition) is 3. The van der Waals surface area contributed by atoms with Gasteiger partial charge >= 0.3 is 5.97 Å². The van der Waals surface area contributed by atoms with Crippen molar-refractivity contribution in [3.8, 4) is 5.69 Å². The van der Waals surface area contributed by atoms with Gasteiger partial charge in [0.1, 0.15) is 0 Å². The van der Waals surface area contributed by atoms with Crippen molar-refractivity contribution in [2.45, 2.75) is 27.2 Å². The maximum Gasteiger partial charge on any atom is 0.359 e. The van der Waals surface area contributed by atoms with Gasteiger partial charge in [0, 0.05) is 16.3 Å². The van der Waals surface area contributed by atoms with E-state index in [-0.39, 0.29) is 0 Å². The number of nitrogens with zero attached hydrogens (tertiary/aromatic N) is 2. The standard InChI is InChI=1S/C15H16Cl2N2O2/c1-4-12-9(3)14(15(20)21-5-2)18-19(12)13-7-6-10(16)8-11(13)17/h6-8H,4-5H2,1-3H3. The minimum Gasteiger partial charge on any atom is -0.461 e. The van der Waals surface area contributed by atoms with E-state index in [4.69, 9.17) is 27.9 Å². The molecule has 1 aromatic carbocycles. The summed E-state index contributed by atoms with van der Waals surface area (Å²) in [7, 11) is 0. The molecule has 0 unspecified atom stereocenters. The predicted molar refractivity (Wildman–Crippen MR) is 83.7 cm³/mol. The van der Waals surface area contributed by atoms with Crippen molar-refractivity contribution >= 4 is 29.2 Å². The molecule has 0 N–H and O–H groups in total. The molecular weight excluding hydrogens is 311 g/mol. The van der Waals surface area contributed by atoms with Gasteiger partial charge in [0.2, 0.25) is 0 Å². The molecule has 0 saturated heterocycles. The Bertz CT molecular complexity index is 681. The van der Waals surface area contributed by atoms with Crippen LogP contribution in [-0.4, -0.2) is 22.4 Å². The summed E-state index contributed by atoms with van der Waals surface area (Å²) in [5, 5.41) is 5.41. The Morgan fingerprint density at radius 1 is 1.33 bits per heavy atom. The number of halogens is 2. The van der Waals surface area contributed by atoms with E-state index in [9.17, 15) is 4.79 Å². The zero-order valence-electron chi connectivity index (χ0n) is 12.1. The van der Waals surface area contributed by atoms with E-state index in [2.05, 4.69) is 5.10 Å². The van der Waals surface area contributed by atoms with Gasteiger partial charge in [-0.2, -0.15) is 5.10 Å². The van der Waals surface area contributed by atoms with Gasteiger partial charge in [-0.15, -0.1) is 0 Å². The normalized spacial score (nSPS) is 10.7. The number of rotatable bonds is 4. The first-order valence-electron chi connectivity index (χ1n) is 6.70. The quantitative estimate of drug-likeness (QED) is 0.790. The van der Waals surface area contributed by atoms with Gasteiger partial charge in [-0.05, 0) is 38.5 Å². The van der Waals surface area contributed by atoms with Crippen LogP contribution in [0.4, 0.5) is 0 Å². The summed E-state index contributed by atoms with van der Waals surface area (Å²) < 4.78 is 6.72. The number of carbonyl (C=O) groups excluding carboxylic acids is 1. The summed E-state index contributed by atoms with van der Waals surface area (Å²) in [5.41, 5.74) is 2.74. The number of carbonyl (C=O) groups is 1. The molecule has 0 aliphatic carbocycles. The van der Waals surface area contributed by atoms with Crippen LogP contribution >= 0.6 is 23.2 Å². The lowest BCUT2D eigenvalue weighted by molar-refractivity contribution is 0.0518. The monoisotopic (exact) mass is 326 g/mol. The second-order valence-corrected chi connectivity index (χ2v) is 5.35. The van der Waals surface area contributed by atoms with Crippen LogP contribution < -0.4 is 0 Å². The van der Waals surface area contributed by atoms with E-state index < -0.39 is 5.97 Å². The van der Waals surface area contributed by atoms with Crippen molar-refractivity contribution in [1.29, 1.82) is 0 Å². The van der Waals surface area contributed by atoms with E-state index in [1.165, 1.54) is 0 Å². The van der Waals surface area contributed by atoms with Gasteiger partial charge in [-0.3, -0.25) is 0 Å². The van der Waals surface area contributed by atoms with E-state index in [0.717, 1.165) is 17.7 Å². The molecule has 0 aliphatic rings. The van der Waals surface area contributed by atoms with Crippen LogP contribution in [0.15, 0.2) is 18.2 Å². The molecule has 112 valence electrons. The Hall–Kier alpha value is -1.52. The summed E-state index contributed by atoms with van der Waals surface area (Å²) in [6.07, 6.45) is 0.719. The Labute approximate surface area is 133 Å². The summed E-state index contributed by atoms with van der Waals surface area (Å²) >= 11 is 12.2. The molecule has 0 bridgehead atoms. The van der Waals surface area contributed by atoms with Crippen molar-refractivity contribution in [3.63, 3.8) is 0 Å². The minimum atomic E-state index is -0.423. The van der Waals surface area contributed by atoms with Gasteiger partial charge in [0.25, 0.3) is 0 Å². The fourth-order valence-corrected chi connectivity index (χ4v) is 2.68. The van der Waals surface area contributed by atoms with Crippen LogP contribution in [0, 0.1) is 6.92 Å². The van der Waals surface area contributed by atoms with Crippen molar-refractivity contribution < 1.29 is 9.53 Å². The summed E-state index contributed by atoms with van der Waals surface area (Å²) in [5.74, 6) is -0.423. The van der Waals surface area contributed by atoms with Crippen LogP contribution in [0.5, 0.6) is 0 Å². The highest BCUT2D eigenvalue weighted by Crippen LogP contribution is 2.27. The molecule has 6 heteroatoms. The summed E-state index contributed by atoms with van der Waals surface area (Å²) in [4.78, 5) is 12.0. The lowest BCUT2D eigenvalue weighted by Gasteiger charge is -2.08. The Kier molecular flexibility index (Phi) is 4.91. The molecule has 0 fully saturated rings. The Balaban J connectivity index is 2.58. The smallest absolute Gasteiger partial charge is 0.359 e. The lowest BCUT2D eigenvalue weighted by Crippen LogP contribution is -2.08. The van der Waals surface area contributed by atoms with Crippen LogP contribution in [0.1, 0.15) is 35.6 Å². The van der Waals surface area contributed by atoms with E-state index in [1.54, 1.807) is 29.8 Å². The zero-order valence-corrected chi connectivity index (χ0v) is 13.6. The second-order valence-electron chi connectivity index (χ2n) is 4.50. The predicted octanol–water partition coefficient (Wildman–Crippen LogP) is 4.23. The molecule has 2 rings (SSSR count). The highest BCUT2D eigenvalue weighted by molar-refractivity contribution is 6.35. The first kappa shape index (κ1) is 15.9. The number of hydrogen-bond donors (Lipinski definition) is 0. The molecule has 0 radical (unpaired) electrons. The molecular formula is C15H16Cl2N2O2. The second kappa shape index (κ2) is 6.50. The average molecular weight is 327 g/mol. The van der Waals surface area contributed by atoms with Crippen LogP contribution in [0.3, 0.4) is 0 Å². The van der Waals surface area contributed by atoms with Crippen molar-refractivity contribution in [3.05, 3.63) is 45.2 Å². The molecule has 0 aliphatic heterocycles. The Morgan fingerprint density at radius 3 is 2.62 bits per heavy atom. The van der Waals surface area contributed by atoms with Crippen LogP contribution in [-0.2, 0) is 11.2 Å². The summed E-state index contributed by atoms with van der Waals surface area (Å²) in [6.45, 7) is 5.94. The third-order valence-electron chi connectivity index (χ3n) is 3.19. The molecule has 0 atom stereocenters. The topological polar surface area (TPSA) is 44.1 Å². The lowest BCUT2D eigenvalue weighted by atomic mass is 10.1. The zero-order chi connectivity index (χ0) is 15.6. The molecule has 21 heavy (non-hydrogen) atoms. The fraction of sp³-hybridized carbons (Fsp3) is 0.333. The third-order valence-corrected chi connectivity index (χ3v) is 3.72. The van der Waals surface area contributed by atoms with Crippen molar-refractivity contribution in [2.24, 2.45) is 0 Å². The Morgan fingerprint density at radius 2 is 2.05 bits per heavy atom. The first-order valence-corrected chi connectivity index (χ1v) is 7.46. The van der Waals surface area contributed by atoms with Gasteiger partial charge in [0.15, 0.2) is 5.69 Å². The molecule has 0 spiro atoms. The SMILES string of the molecule is CCOC(=O)c1nn(-c2ccc(Cl)cc2Cl)c(CC)c1C. The molecule has 2 aromatic rings. The number of ether oxygens (including phenoxy) is 1.